The van der Waals surface area contributed by atoms with Crippen molar-refractivity contribution in [2.75, 3.05) is 19.7 Å². The van der Waals surface area contributed by atoms with Gasteiger partial charge in [-0.3, -0.25) is 9.88 Å². The van der Waals surface area contributed by atoms with Crippen molar-refractivity contribution in [2.24, 2.45) is 0 Å². The minimum absolute atomic E-state index is 0.0115. The summed E-state index contributed by atoms with van der Waals surface area (Å²) in [5, 5.41) is 14.2. The number of rotatable bonds is 4. The van der Waals surface area contributed by atoms with Gasteiger partial charge in [0, 0.05) is 25.7 Å². The number of aliphatic carboxylic acids is 2. The topological polar surface area (TPSA) is 122 Å². The second-order valence-corrected chi connectivity index (χ2v) is 8.52. The average Bonchev–Trinajstić information content (AvgIpc) is 3.41. The lowest BCUT2D eigenvalue weighted by atomic mass is 9.88. The number of likely N-dealkylation sites (tertiary alicyclic amines) is 1. The summed E-state index contributed by atoms with van der Waals surface area (Å²) in [4.78, 5) is 24.3. The lowest BCUT2D eigenvalue weighted by Crippen LogP contribution is -2.44. The number of hydrogen-bond acceptors (Lipinski definition) is 7. The largest absolute Gasteiger partial charge is 0.490 e. The van der Waals surface area contributed by atoms with Crippen LogP contribution in [-0.4, -0.2) is 75.8 Å². The van der Waals surface area contributed by atoms with Crippen LogP contribution >= 0.6 is 0 Å². The number of halogens is 6. The Morgan fingerprint density at radius 2 is 1.66 bits per heavy atom. The summed E-state index contributed by atoms with van der Waals surface area (Å²) in [6.07, 6.45) is -3.43. The van der Waals surface area contributed by atoms with Gasteiger partial charge in [-0.15, -0.1) is 0 Å². The Morgan fingerprint density at radius 1 is 1.08 bits per heavy atom. The molecule has 2 aliphatic heterocycles. The zero-order valence-corrected chi connectivity index (χ0v) is 20.1. The molecule has 15 heteroatoms. The molecular formula is C23H26F6N2O7. The number of alkyl halides is 6. The fourth-order valence-electron chi connectivity index (χ4n) is 3.75. The molecule has 0 radical (unpaired) electrons. The van der Waals surface area contributed by atoms with Crippen LogP contribution in [0.1, 0.15) is 30.8 Å². The van der Waals surface area contributed by atoms with Gasteiger partial charge in [0.15, 0.2) is 0 Å². The van der Waals surface area contributed by atoms with E-state index in [4.69, 9.17) is 33.7 Å². The van der Waals surface area contributed by atoms with Crippen molar-refractivity contribution in [3.8, 4) is 5.75 Å². The molecule has 4 heterocycles. The third-order valence-electron chi connectivity index (χ3n) is 5.54. The second kappa shape index (κ2) is 13.0. The fraction of sp³-hybridized carbons (Fsp3) is 0.522. The molecule has 0 amide bonds. The second-order valence-electron chi connectivity index (χ2n) is 8.52. The van der Waals surface area contributed by atoms with Gasteiger partial charge in [0.05, 0.1) is 24.9 Å². The highest BCUT2D eigenvalue weighted by Gasteiger charge is 2.43. The highest BCUT2D eigenvalue weighted by Crippen LogP contribution is 2.37. The Hall–Kier alpha value is -3.33. The van der Waals surface area contributed by atoms with Crippen LogP contribution in [0.3, 0.4) is 0 Å². The van der Waals surface area contributed by atoms with Gasteiger partial charge in [-0.25, -0.2) is 9.59 Å². The molecule has 38 heavy (non-hydrogen) atoms. The molecule has 2 saturated heterocycles. The Labute approximate surface area is 213 Å². The molecule has 9 nitrogen and oxygen atoms in total. The van der Waals surface area contributed by atoms with Crippen molar-refractivity contribution in [1.82, 2.24) is 9.88 Å². The van der Waals surface area contributed by atoms with Gasteiger partial charge in [0.2, 0.25) is 0 Å². The summed E-state index contributed by atoms with van der Waals surface area (Å²) in [5.41, 5.74) is -0.0115. The van der Waals surface area contributed by atoms with Gasteiger partial charge in [-0.1, -0.05) is 0 Å². The molecule has 2 aromatic heterocycles. The van der Waals surface area contributed by atoms with E-state index < -0.39 is 24.3 Å². The summed E-state index contributed by atoms with van der Waals surface area (Å²) >= 11 is 0. The van der Waals surface area contributed by atoms with Crippen molar-refractivity contribution in [3.05, 3.63) is 48.2 Å². The van der Waals surface area contributed by atoms with Gasteiger partial charge >= 0.3 is 24.3 Å². The maximum atomic E-state index is 10.6. The normalized spacial score (nSPS) is 19.1. The number of pyridine rings is 1. The summed E-state index contributed by atoms with van der Waals surface area (Å²) in [7, 11) is 0. The summed E-state index contributed by atoms with van der Waals surface area (Å²) in [6, 6.07) is 7.95. The lowest BCUT2D eigenvalue weighted by Gasteiger charge is -2.38. The molecule has 0 aliphatic carbocycles. The van der Waals surface area contributed by atoms with Crippen LogP contribution in [0.15, 0.2) is 41.1 Å². The van der Waals surface area contributed by atoms with Crippen LogP contribution in [-0.2, 0) is 20.9 Å². The third kappa shape index (κ3) is 10.2. The Morgan fingerprint density at radius 3 is 2.11 bits per heavy atom. The number of aromatic nitrogens is 1. The number of carboxylic acid groups (broad SMARTS) is 2. The quantitative estimate of drug-likeness (QED) is 0.526. The number of furan rings is 1. The molecule has 1 unspecified atom stereocenters. The summed E-state index contributed by atoms with van der Waals surface area (Å²) in [6.45, 7) is 5.63. The average molecular weight is 556 g/mol. The zero-order chi connectivity index (χ0) is 28.6. The number of carbonyl (C=O) groups is 2. The first-order valence-electron chi connectivity index (χ1n) is 11.2. The summed E-state index contributed by atoms with van der Waals surface area (Å²) in [5.74, 6) is -2.66. The first-order valence-corrected chi connectivity index (χ1v) is 11.2. The molecule has 2 N–H and O–H groups in total. The van der Waals surface area contributed by atoms with E-state index in [2.05, 4.69) is 16.0 Å². The van der Waals surface area contributed by atoms with Gasteiger partial charge in [-0.05, 0) is 44.0 Å². The number of piperidine rings is 1. The van der Waals surface area contributed by atoms with Crippen LogP contribution in [0, 0.1) is 6.92 Å². The third-order valence-corrected chi connectivity index (χ3v) is 5.54. The van der Waals surface area contributed by atoms with Gasteiger partial charge in [0.1, 0.15) is 23.4 Å². The van der Waals surface area contributed by atoms with Crippen LogP contribution < -0.4 is 4.74 Å². The highest BCUT2D eigenvalue weighted by atomic mass is 19.4. The molecule has 4 rings (SSSR count). The van der Waals surface area contributed by atoms with Crippen LogP contribution in [0.5, 0.6) is 5.75 Å². The molecule has 1 atom stereocenters. The van der Waals surface area contributed by atoms with E-state index in [1.165, 1.54) is 0 Å². The fourth-order valence-corrected chi connectivity index (χ4v) is 3.75. The van der Waals surface area contributed by atoms with Crippen LogP contribution in [0.25, 0.3) is 0 Å². The first kappa shape index (κ1) is 30.9. The maximum Gasteiger partial charge on any atom is 0.490 e. The van der Waals surface area contributed by atoms with E-state index in [1.807, 2.05) is 25.1 Å². The predicted molar refractivity (Wildman–Crippen MR) is 117 cm³/mol. The van der Waals surface area contributed by atoms with E-state index in [0.29, 0.717) is 6.61 Å². The Balaban J connectivity index is 0.000000301. The van der Waals surface area contributed by atoms with Crippen molar-refractivity contribution < 1.29 is 60.0 Å². The van der Waals surface area contributed by atoms with Crippen molar-refractivity contribution >= 4 is 11.9 Å². The van der Waals surface area contributed by atoms with Gasteiger partial charge in [-0.2, -0.15) is 26.3 Å². The maximum absolute atomic E-state index is 10.6. The van der Waals surface area contributed by atoms with Crippen molar-refractivity contribution in [2.45, 2.75) is 56.8 Å². The molecule has 2 aromatic rings. The Kier molecular flexibility index (Phi) is 10.5. The zero-order valence-electron chi connectivity index (χ0n) is 20.1. The highest BCUT2D eigenvalue weighted by molar-refractivity contribution is 5.73. The van der Waals surface area contributed by atoms with Crippen molar-refractivity contribution in [1.29, 1.82) is 0 Å². The molecular weight excluding hydrogens is 530 g/mol. The Bertz CT molecular complexity index is 1010. The minimum Gasteiger partial charge on any atom is -0.486 e. The number of aryl methyl sites for hydroxylation is 1. The van der Waals surface area contributed by atoms with Crippen LogP contribution in [0.4, 0.5) is 26.3 Å². The molecule has 1 spiro atoms. The number of hydrogen-bond donors (Lipinski definition) is 2. The SMILES string of the molecule is Cc1ccc(CN2CCC3(CC2)CC(Oc2cccnc2)CO3)o1.O=C(O)C(F)(F)F.O=C(O)C(F)(F)F. The minimum atomic E-state index is -5.08. The standard InChI is InChI=1S/C19H24N2O3.2C2HF3O2/c1-15-4-5-17(23-15)13-21-9-6-19(7-10-21)11-18(14-22-19)24-16-3-2-8-20-12-16;2*3-2(4,5)1(6)7/h2-5,8,12,18H,6-7,9-11,13-14H2,1H3;2*(H,6,7). The monoisotopic (exact) mass is 556 g/mol. The predicted octanol–water partition coefficient (Wildman–Crippen LogP) is 4.45. The molecule has 0 bridgehead atoms. The first-order chi connectivity index (χ1) is 17.6. The number of ether oxygens (including phenoxy) is 2. The van der Waals surface area contributed by atoms with E-state index in [1.54, 1.807) is 12.4 Å². The smallest absolute Gasteiger partial charge is 0.486 e. The number of nitrogens with zero attached hydrogens (tertiary/aromatic N) is 2. The lowest BCUT2D eigenvalue weighted by molar-refractivity contribution is -0.193. The molecule has 2 fully saturated rings. The molecule has 0 aromatic carbocycles. The van der Waals surface area contributed by atoms with Gasteiger partial charge in [0.25, 0.3) is 0 Å². The molecule has 0 saturated carbocycles. The van der Waals surface area contributed by atoms with E-state index >= 15 is 0 Å². The number of carboxylic acids is 2. The molecule has 2 aliphatic rings. The van der Waals surface area contributed by atoms with Crippen LogP contribution in [0.2, 0.25) is 0 Å². The summed E-state index contributed by atoms with van der Waals surface area (Å²) < 4.78 is 81.3. The molecule has 212 valence electrons. The van der Waals surface area contributed by atoms with E-state index in [9.17, 15) is 26.3 Å². The van der Waals surface area contributed by atoms with E-state index in [-0.39, 0.29) is 11.7 Å². The van der Waals surface area contributed by atoms with E-state index in [0.717, 1.165) is 56.2 Å². The van der Waals surface area contributed by atoms with Gasteiger partial charge < -0.3 is 24.1 Å². The van der Waals surface area contributed by atoms with Crippen molar-refractivity contribution in [3.63, 3.8) is 0 Å².